The molecule has 0 aliphatic carbocycles. The van der Waals surface area contributed by atoms with E-state index < -0.39 is 11.9 Å². The third-order valence-corrected chi connectivity index (χ3v) is 4.35. The lowest BCUT2D eigenvalue weighted by Crippen LogP contribution is -2.25. The van der Waals surface area contributed by atoms with Gasteiger partial charge in [-0.2, -0.15) is 0 Å². The molecule has 0 saturated heterocycles. The number of benzene rings is 1. The Kier molecular flexibility index (Phi) is 4.87. The van der Waals surface area contributed by atoms with Crippen LogP contribution in [-0.2, 0) is 11.2 Å². The van der Waals surface area contributed by atoms with Crippen LogP contribution in [0.4, 0.5) is 5.82 Å². The highest BCUT2D eigenvalue weighted by Gasteiger charge is 2.31. The Bertz CT molecular complexity index is 865. The summed E-state index contributed by atoms with van der Waals surface area (Å²) in [5.41, 5.74) is 7.51. The van der Waals surface area contributed by atoms with Gasteiger partial charge in [-0.1, -0.05) is 25.5 Å². The van der Waals surface area contributed by atoms with Gasteiger partial charge in [-0.25, -0.2) is 10.1 Å². The van der Waals surface area contributed by atoms with Gasteiger partial charge in [0.1, 0.15) is 5.82 Å². The molecule has 0 spiro atoms. The number of carboxylic acid groups (broad SMARTS) is 1. The van der Waals surface area contributed by atoms with Crippen molar-refractivity contribution in [1.82, 2.24) is 25.6 Å². The Morgan fingerprint density at radius 3 is 2.80 bits per heavy atom. The SMILES string of the molecule is CCCC(C(=O)O)[C@H](Cc1ccc2ccc(N)nc2c1)c1nnn[nH]1. The molecule has 8 heteroatoms. The average Bonchev–Trinajstić information content (AvgIpc) is 3.11. The molecule has 2 heterocycles. The summed E-state index contributed by atoms with van der Waals surface area (Å²) in [4.78, 5) is 16.1. The Balaban J connectivity index is 1.95. The van der Waals surface area contributed by atoms with Crippen molar-refractivity contribution in [2.45, 2.75) is 32.1 Å². The molecule has 0 radical (unpaired) electrons. The summed E-state index contributed by atoms with van der Waals surface area (Å²) in [5.74, 6) is -0.807. The molecular formula is C17H20N6O2. The van der Waals surface area contributed by atoms with Gasteiger partial charge in [-0.15, -0.1) is 5.10 Å². The Morgan fingerprint density at radius 1 is 1.32 bits per heavy atom. The first kappa shape index (κ1) is 16.8. The maximum absolute atomic E-state index is 11.8. The van der Waals surface area contributed by atoms with Crippen molar-refractivity contribution in [3.63, 3.8) is 0 Å². The maximum Gasteiger partial charge on any atom is 0.307 e. The maximum atomic E-state index is 11.8. The number of tetrazole rings is 1. The first-order valence-electron chi connectivity index (χ1n) is 8.20. The van der Waals surface area contributed by atoms with Gasteiger partial charge in [0, 0.05) is 11.3 Å². The van der Waals surface area contributed by atoms with E-state index in [2.05, 4.69) is 25.6 Å². The fraction of sp³-hybridized carbons (Fsp3) is 0.353. The molecule has 8 nitrogen and oxygen atoms in total. The van der Waals surface area contributed by atoms with E-state index in [4.69, 9.17) is 5.73 Å². The van der Waals surface area contributed by atoms with E-state index in [1.54, 1.807) is 6.07 Å². The number of aromatic nitrogens is 5. The summed E-state index contributed by atoms with van der Waals surface area (Å²) in [7, 11) is 0. The van der Waals surface area contributed by atoms with Crippen LogP contribution in [0, 0.1) is 5.92 Å². The van der Waals surface area contributed by atoms with Gasteiger partial charge in [0.05, 0.1) is 11.4 Å². The second kappa shape index (κ2) is 7.25. The molecule has 0 aliphatic heterocycles. The number of aliphatic carboxylic acids is 1. The molecule has 1 aromatic carbocycles. The Labute approximate surface area is 144 Å². The number of aromatic amines is 1. The van der Waals surface area contributed by atoms with Crippen molar-refractivity contribution in [2.24, 2.45) is 5.92 Å². The van der Waals surface area contributed by atoms with E-state index in [9.17, 15) is 9.90 Å². The zero-order valence-corrected chi connectivity index (χ0v) is 13.9. The topological polar surface area (TPSA) is 131 Å². The van der Waals surface area contributed by atoms with Crippen LogP contribution in [0.25, 0.3) is 10.9 Å². The number of hydrogen-bond acceptors (Lipinski definition) is 6. The van der Waals surface area contributed by atoms with Crippen molar-refractivity contribution in [2.75, 3.05) is 5.73 Å². The van der Waals surface area contributed by atoms with E-state index in [-0.39, 0.29) is 5.92 Å². The molecule has 0 amide bonds. The zero-order valence-electron chi connectivity index (χ0n) is 13.9. The number of nitrogens with one attached hydrogen (secondary N) is 1. The molecule has 25 heavy (non-hydrogen) atoms. The van der Waals surface area contributed by atoms with Crippen LogP contribution in [0.1, 0.15) is 37.1 Å². The normalized spacial score (nSPS) is 13.6. The Hall–Kier alpha value is -3.03. The van der Waals surface area contributed by atoms with Gasteiger partial charge in [0.15, 0.2) is 5.82 Å². The van der Waals surface area contributed by atoms with Crippen molar-refractivity contribution < 1.29 is 9.90 Å². The number of nitrogens with two attached hydrogens (primary N) is 1. The van der Waals surface area contributed by atoms with E-state index in [1.807, 2.05) is 31.2 Å². The third-order valence-electron chi connectivity index (χ3n) is 4.35. The number of rotatable bonds is 7. The molecule has 2 atom stereocenters. The summed E-state index contributed by atoms with van der Waals surface area (Å²) in [5, 5.41) is 24.5. The van der Waals surface area contributed by atoms with Crippen molar-refractivity contribution in [1.29, 1.82) is 0 Å². The summed E-state index contributed by atoms with van der Waals surface area (Å²) >= 11 is 0. The van der Waals surface area contributed by atoms with Crippen LogP contribution in [0.3, 0.4) is 0 Å². The number of nitrogen functional groups attached to an aromatic ring is 1. The Morgan fingerprint density at radius 2 is 2.12 bits per heavy atom. The van der Waals surface area contributed by atoms with Crippen molar-refractivity contribution >= 4 is 22.7 Å². The number of carboxylic acids is 1. The number of nitrogens with zero attached hydrogens (tertiary/aromatic N) is 4. The van der Waals surface area contributed by atoms with Gasteiger partial charge in [0.25, 0.3) is 0 Å². The summed E-state index contributed by atoms with van der Waals surface area (Å²) in [6, 6.07) is 9.54. The lowest BCUT2D eigenvalue weighted by Gasteiger charge is -2.21. The van der Waals surface area contributed by atoms with E-state index in [0.717, 1.165) is 22.9 Å². The number of anilines is 1. The summed E-state index contributed by atoms with van der Waals surface area (Å²) in [6.07, 6.45) is 1.82. The largest absolute Gasteiger partial charge is 0.481 e. The molecular weight excluding hydrogens is 320 g/mol. The summed E-state index contributed by atoms with van der Waals surface area (Å²) < 4.78 is 0. The minimum Gasteiger partial charge on any atom is -0.481 e. The molecule has 4 N–H and O–H groups in total. The molecule has 1 unspecified atom stereocenters. The fourth-order valence-corrected chi connectivity index (χ4v) is 3.12. The second-order valence-corrected chi connectivity index (χ2v) is 6.09. The minimum absolute atomic E-state index is 0.342. The highest BCUT2D eigenvalue weighted by molar-refractivity contribution is 5.80. The van der Waals surface area contributed by atoms with Gasteiger partial charge < -0.3 is 10.8 Å². The molecule has 130 valence electrons. The monoisotopic (exact) mass is 340 g/mol. The predicted octanol–water partition coefficient (Wildman–Crippen LogP) is 2.16. The van der Waals surface area contributed by atoms with Crippen LogP contribution in [-0.4, -0.2) is 36.7 Å². The van der Waals surface area contributed by atoms with Gasteiger partial charge in [-0.3, -0.25) is 4.79 Å². The van der Waals surface area contributed by atoms with Crippen LogP contribution in [0.15, 0.2) is 30.3 Å². The third kappa shape index (κ3) is 3.73. The average molecular weight is 340 g/mol. The lowest BCUT2D eigenvalue weighted by atomic mass is 9.83. The molecule has 3 aromatic rings. The number of pyridine rings is 1. The number of H-pyrrole nitrogens is 1. The highest BCUT2D eigenvalue weighted by Crippen LogP contribution is 2.30. The van der Waals surface area contributed by atoms with E-state index in [0.29, 0.717) is 24.5 Å². The summed E-state index contributed by atoms with van der Waals surface area (Å²) in [6.45, 7) is 1.97. The molecule has 3 rings (SSSR count). The fourth-order valence-electron chi connectivity index (χ4n) is 3.12. The first-order chi connectivity index (χ1) is 12.1. The number of hydrogen-bond donors (Lipinski definition) is 3. The first-order valence-corrected chi connectivity index (χ1v) is 8.20. The molecule has 0 bridgehead atoms. The highest BCUT2D eigenvalue weighted by atomic mass is 16.4. The van der Waals surface area contributed by atoms with Crippen molar-refractivity contribution in [3.8, 4) is 0 Å². The van der Waals surface area contributed by atoms with Crippen molar-refractivity contribution in [3.05, 3.63) is 41.7 Å². The second-order valence-electron chi connectivity index (χ2n) is 6.09. The van der Waals surface area contributed by atoms with Crippen LogP contribution >= 0.6 is 0 Å². The molecule has 0 aliphatic rings. The van der Waals surface area contributed by atoms with Gasteiger partial charge in [0.2, 0.25) is 0 Å². The van der Waals surface area contributed by atoms with Gasteiger partial charge in [-0.05, 0) is 47.0 Å². The lowest BCUT2D eigenvalue weighted by molar-refractivity contribution is -0.142. The minimum atomic E-state index is -0.841. The number of fused-ring (bicyclic) bond motifs is 1. The van der Waals surface area contributed by atoms with E-state index >= 15 is 0 Å². The smallest absolute Gasteiger partial charge is 0.307 e. The predicted molar refractivity (Wildman–Crippen MR) is 92.8 cm³/mol. The molecule has 0 fully saturated rings. The quantitative estimate of drug-likeness (QED) is 0.600. The zero-order chi connectivity index (χ0) is 17.8. The van der Waals surface area contributed by atoms with E-state index in [1.165, 1.54) is 0 Å². The van der Waals surface area contributed by atoms with Crippen LogP contribution in [0.5, 0.6) is 0 Å². The van der Waals surface area contributed by atoms with Gasteiger partial charge >= 0.3 is 5.97 Å². The number of carbonyl (C=O) groups is 1. The van der Waals surface area contributed by atoms with Crippen LogP contribution in [0.2, 0.25) is 0 Å². The van der Waals surface area contributed by atoms with Crippen LogP contribution < -0.4 is 5.73 Å². The molecule has 2 aromatic heterocycles. The molecule has 0 saturated carbocycles. The standard InChI is InChI=1S/C17H20N6O2/c1-2-3-12(17(24)25)13(16-20-22-23-21-16)8-10-4-5-11-6-7-15(18)19-14(11)9-10/h4-7,9,12-13H,2-3,8H2,1H3,(H2,18,19)(H,24,25)(H,20,21,22,23)/t12?,13-/m0/s1.